The van der Waals surface area contributed by atoms with Crippen LogP contribution in [0.15, 0.2) is 51.7 Å². The molecule has 0 radical (unpaired) electrons. The van der Waals surface area contributed by atoms with Crippen LogP contribution in [0.5, 0.6) is 0 Å². The fourth-order valence-corrected chi connectivity index (χ4v) is 3.95. The highest BCUT2D eigenvalue weighted by Gasteiger charge is 2.49. The number of oxazole rings is 1. The topological polar surface area (TPSA) is 84.6 Å². The molecule has 1 fully saturated rings. The van der Waals surface area contributed by atoms with Gasteiger partial charge in [-0.05, 0) is 37.6 Å². The van der Waals surface area contributed by atoms with E-state index in [0.717, 1.165) is 11.0 Å². The fourth-order valence-electron chi connectivity index (χ4n) is 3.59. The van der Waals surface area contributed by atoms with Gasteiger partial charge in [-0.2, -0.15) is 0 Å². The Bertz CT molecular complexity index is 1190. The second-order valence-electron chi connectivity index (χ2n) is 6.98. The molecule has 1 atom stereocenters. The largest absolute Gasteiger partial charge is 0.419 e. The number of amides is 3. The molecular formula is C20H17ClFN3O4. The smallest absolute Gasteiger partial charge is 0.408 e. The number of fused-ring (bicyclic) bond motifs is 1. The van der Waals surface area contributed by atoms with Crippen molar-refractivity contribution in [3.05, 3.63) is 69.4 Å². The number of halogens is 2. The SMILES string of the molecule is CC1(c2ccc(F)cc2Cl)NC(=O)N(CCCn2c(=O)oc3ccccc32)C1=O. The minimum Gasteiger partial charge on any atom is -0.408 e. The third-order valence-electron chi connectivity index (χ3n) is 5.08. The molecule has 1 aliphatic rings. The summed E-state index contributed by atoms with van der Waals surface area (Å²) in [7, 11) is 0. The second-order valence-corrected chi connectivity index (χ2v) is 7.38. The minimum atomic E-state index is -1.39. The highest BCUT2D eigenvalue weighted by atomic mass is 35.5. The molecule has 29 heavy (non-hydrogen) atoms. The quantitative estimate of drug-likeness (QED) is 0.646. The Kier molecular flexibility index (Phi) is 4.66. The van der Waals surface area contributed by atoms with E-state index >= 15 is 0 Å². The van der Waals surface area contributed by atoms with E-state index in [0.29, 0.717) is 23.1 Å². The summed E-state index contributed by atoms with van der Waals surface area (Å²) in [6.07, 6.45) is 0.357. The zero-order valence-corrected chi connectivity index (χ0v) is 16.2. The summed E-state index contributed by atoms with van der Waals surface area (Å²) in [6.45, 7) is 1.91. The highest BCUT2D eigenvalue weighted by Crippen LogP contribution is 2.34. The van der Waals surface area contributed by atoms with Crippen LogP contribution in [0.3, 0.4) is 0 Å². The molecule has 7 nitrogen and oxygen atoms in total. The molecule has 0 aliphatic carbocycles. The Morgan fingerprint density at radius 1 is 1.14 bits per heavy atom. The molecule has 0 spiro atoms. The second kappa shape index (κ2) is 7.04. The summed E-state index contributed by atoms with van der Waals surface area (Å²) in [5.41, 5.74) is 0.0585. The van der Waals surface area contributed by atoms with Crippen LogP contribution in [0, 0.1) is 5.82 Å². The minimum absolute atomic E-state index is 0.0550. The standard InChI is InChI=1S/C20H17ClFN3O4/c1-20(13-8-7-12(22)11-14(13)21)17(26)25(18(27)23-20)10-4-9-24-15-5-2-3-6-16(15)29-19(24)28/h2-3,5-8,11H,4,9-10H2,1H3,(H,23,27). The molecule has 1 unspecified atom stereocenters. The molecule has 1 saturated heterocycles. The number of hydrogen-bond acceptors (Lipinski definition) is 4. The molecule has 150 valence electrons. The first-order valence-electron chi connectivity index (χ1n) is 8.99. The molecule has 3 amide bonds. The highest BCUT2D eigenvalue weighted by molar-refractivity contribution is 6.32. The van der Waals surface area contributed by atoms with Crippen LogP contribution in [0.2, 0.25) is 5.02 Å². The number of nitrogens with zero attached hydrogens (tertiary/aromatic N) is 2. The van der Waals surface area contributed by atoms with E-state index in [1.807, 2.05) is 0 Å². The predicted molar refractivity (Wildman–Crippen MR) is 104 cm³/mol. The molecule has 2 aromatic carbocycles. The van der Waals surface area contributed by atoms with Gasteiger partial charge in [0.15, 0.2) is 5.58 Å². The van der Waals surface area contributed by atoms with Gasteiger partial charge in [0.25, 0.3) is 5.91 Å². The van der Waals surface area contributed by atoms with Crippen LogP contribution in [0.1, 0.15) is 18.9 Å². The Hall–Kier alpha value is -3.13. The number of imide groups is 1. The van der Waals surface area contributed by atoms with Gasteiger partial charge in [0, 0.05) is 23.7 Å². The molecule has 9 heteroatoms. The van der Waals surface area contributed by atoms with Crippen molar-refractivity contribution < 1.29 is 18.4 Å². The van der Waals surface area contributed by atoms with Gasteiger partial charge in [0.2, 0.25) is 0 Å². The van der Waals surface area contributed by atoms with Gasteiger partial charge in [-0.1, -0.05) is 29.8 Å². The van der Waals surface area contributed by atoms with Crippen molar-refractivity contribution in [3.8, 4) is 0 Å². The molecule has 1 aliphatic heterocycles. The molecule has 2 heterocycles. The van der Waals surface area contributed by atoms with Crippen molar-refractivity contribution >= 4 is 34.6 Å². The van der Waals surface area contributed by atoms with E-state index < -0.39 is 29.1 Å². The van der Waals surface area contributed by atoms with Crippen LogP contribution in [-0.4, -0.2) is 28.0 Å². The van der Waals surface area contributed by atoms with Crippen LogP contribution in [-0.2, 0) is 16.9 Å². The van der Waals surface area contributed by atoms with E-state index in [4.69, 9.17) is 16.0 Å². The molecular weight excluding hydrogens is 401 g/mol. The van der Waals surface area contributed by atoms with Crippen LogP contribution >= 0.6 is 11.6 Å². The normalized spacial score (nSPS) is 19.2. The molecule has 1 aromatic heterocycles. The number of carbonyl (C=O) groups is 2. The zero-order chi connectivity index (χ0) is 20.8. The number of carbonyl (C=O) groups excluding carboxylic acids is 2. The average Bonchev–Trinajstić information content (AvgIpc) is 3.10. The number of para-hydroxylation sites is 2. The van der Waals surface area contributed by atoms with Crippen molar-refractivity contribution in [2.24, 2.45) is 0 Å². The number of hydrogen-bond donors (Lipinski definition) is 1. The van der Waals surface area contributed by atoms with Crippen LogP contribution in [0.25, 0.3) is 11.1 Å². The molecule has 3 aromatic rings. The molecule has 1 N–H and O–H groups in total. The monoisotopic (exact) mass is 417 g/mol. The van der Waals surface area contributed by atoms with Gasteiger partial charge in [0.05, 0.1) is 5.52 Å². The number of rotatable bonds is 5. The maximum absolute atomic E-state index is 13.4. The number of urea groups is 1. The lowest BCUT2D eigenvalue weighted by Crippen LogP contribution is -2.41. The maximum atomic E-state index is 13.4. The first-order valence-corrected chi connectivity index (χ1v) is 9.37. The molecule has 0 bridgehead atoms. The lowest BCUT2D eigenvalue weighted by atomic mass is 9.92. The van der Waals surface area contributed by atoms with Gasteiger partial charge < -0.3 is 9.73 Å². The Morgan fingerprint density at radius 3 is 2.66 bits per heavy atom. The van der Waals surface area contributed by atoms with Crippen molar-refractivity contribution in [1.29, 1.82) is 0 Å². The number of aromatic nitrogens is 1. The van der Waals surface area contributed by atoms with Crippen molar-refractivity contribution in [3.63, 3.8) is 0 Å². The van der Waals surface area contributed by atoms with E-state index in [1.165, 1.54) is 23.6 Å². The average molecular weight is 418 g/mol. The fraction of sp³-hybridized carbons (Fsp3) is 0.250. The summed E-state index contributed by atoms with van der Waals surface area (Å²) in [4.78, 5) is 38.5. The first kappa shape index (κ1) is 19.2. The Balaban J connectivity index is 1.51. The van der Waals surface area contributed by atoms with Crippen LogP contribution < -0.4 is 11.1 Å². The molecule has 4 rings (SSSR count). The maximum Gasteiger partial charge on any atom is 0.419 e. The van der Waals surface area contributed by atoms with E-state index in [2.05, 4.69) is 5.32 Å². The third kappa shape index (κ3) is 3.19. The van der Waals surface area contributed by atoms with Crippen molar-refractivity contribution in [2.45, 2.75) is 25.4 Å². The van der Waals surface area contributed by atoms with Crippen molar-refractivity contribution in [2.75, 3.05) is 6.54 Å². The Morgan fingerprint density at radius 2 is 1.90 bits per heavy atom. The summed E-state index contributed by atoms with van der Waals surface area (Å²) < 4.78 is 20.0. The van der Waals surface area contributed by atoms with E-state index in [-0.39, 0.29) is 18.1 Å². The summed E-state index contributed by atoms with van der Waals surface area (Å²) in [5.74, 6) is -1.51. The third-order valence-corrected chi connectivity index (χ3v) is 5.39. The summed E-state index contributed by atoms with van der Waals surface area (Å²) in [6, 6.07) is 10.1. The lowest BCUT2D eigenvalue weighted by Gasteiger charge is -2.23. The summed E-state index contributed by atoms with van der Waals surface area (Å²) >= 11 is 6.09. The summed E-state index contributed by atoms with van der Waals surface area (Å²) in [5, 5.41) is 2.69. The van der Waals surface area contributed by atoms with Crippen LogP contribution in [0.4, 0.5) is 9.18 Å². The van der Waals surface area contributed by atoms with E-state index in [1.54, 1.807) is 24.3 Å². The zero-order valence-electron chi connectivity index (χ0n) is 15.4. The number of benzene rings is 2. The van der Waals surface area contributed by atoms with Gasteiger partial charge in [-0.15, -0.1) is 0 Å². The lowest BCUT2D eigenvalue weighted by molar-refractivity contribution is -0.131. The predicted octanol–water partition coefficient (Wildman–Crippen LogP) is 3.24. The number of nitrogens with one attached hydrogen (secondary N) is 1. The molecule has 0 saturated carbocycles. The van der Waals surface area contributed by atoms with Gasteiger partial charge >= 0.3 is 11.8 Å². The Labute approximate surface area is 169 Å². The van der Waals surface area contributed by atoms with Crippen molar-refractivity contribution in [1.82, 2.24) is 14.8 Å². The van der Waals surface area contributed by atoms with Gasteiger partial charge in [-0.25, -0.2) is 14.0 Å². The van der Waals surface area contributed by atoms with E-state index in [9.17, 15) is 18.8 Å². The van der Waals surface area contributed by atoms with Gasteiger partial charge in [-0.3, -0.25) is 14.3 Å². The van der Waals surface area contributed by atoms with Gasteiger partial charge in [0.1, 0.15) is 11.4 Å². The number of aryl methyl sites for hydroxylation is 1. The first-order chi connectivity index (χ1) is 13.8.